The van der Waals surface area contributed by atoms with Crippen molar-refractivity contribution in [3.05, 3.63) is 77.0 Å². The summed E-state index contributed by atoms with van der Waals surface area (Å²) < 4.78 is 5.33. The van der Waals surface area contributed by atoms with E-state index in [1.165, 1.54) is 0 Å². The number of aromatic nitrogens is 2. The van der Waals surface area contributed by atoms with E-state index in [0.29, 0.717) is 39.3 Å². The molecule has 4 rings (SSSR count). The summed E-state index contributed by atoms with van der Waals surface area (Å²) in [4.78, 5) is 28.8. The van der Waals surface area contributed by atoms with Gasteiger partial charge in [-0.2, -0.15) is 0 Å². The van der Waals surface area contributed by atoms with Gasteiger partial charge in [0.25, 0.3) is 11.6 Å². The Hall–Kier alpha value is -4.00. The van der Waals surface area contributed by atoms with Crippen LogP contribution in [0.5, 0.6) is 0 Å². The summed E-state index contributed by atoms with van der Waals surface area (Å²) >= 11 is 0. The number of hydrogen-bond acceptors (Lipinski definition) is 5. The maximum absolute atomic E-state index is 13.0. The highest BCUT2D eigenvalue weighted by Crippen LogP contribution is 2.28. The Balaban J connectivity index is 1.74. The number of hydrogen-bond donors (Lipinski definition) is 2. The maximum Gasteiger partial charge on any atom is 0.259 e. The van der Waals surface area contributed by atoms with Gasteiger partial charge in [-0.15, -0.1) is 0 Å². The third-order valence-corrected chi connectivity index (χ3v) is 4.64. The van der Waals surface area contributed by atoms with Gasteiger partial charge in [-0.3, -0.25) is 9.59 Å². The number of fused-ring (bicyclic) bond motifs is 1. The number of amides is 2. The number of nitrogens with one attached hydrogen (secondary N) is 1. The van der Waals surface area contributed by atoms with Crippen molar-refractivity contribution in [1.29, 1.82) is 0 Å². The predicted octanol–water partition coefficient (Wildman–Crippen LogP) is 3.86. The molecule has 0 saturated heterocycles. The van der Waals surface area contributed by atoms with Crippen LogP contribution in [0.1, 0.15) is 32.0 Å². The molecule has 0 spiro atoms. The molecule has 0 aliphatic carbocycles. The van der Waals surface area contributed by atoms with Crippen molar-refractivity contribution in [1.82, 2.24) is 10.1 Å². The van der Waals surface area contributed by atoms with E-state index in [1.54, 1.807) is 37.3 Å². The molecule has 0 unspecified atom stereocenters. The fourth-order valence-electron chi connectivity index (χ4n) is 3.06. The van der Waals surface area contributed by atoms with Crippen LogP contribution in [-0.4, -0.2) is 22.0 Å². The highest BCUT2D eigenvalue weighted by atomic mass is 16.5. The van der Waals surface area contributed by atoms with Crippen molar-refractivity contribution in [2.24, 2.45) is 5.73 Å². The molecule has 2 aromatic heterocycles. The molecule has 2 aromatic carbocycles. The van der Waals surface area contributed by atoms with Gasteiger partial charge in [0.2, 0.25) is 5.91 Å². The number of pyridine rings is 1. The Bertz CT molecular complexity index is 1230. The SMILES string of the molecule is Cc1ccc(-c2cc(C(=O)Nc3ccc(C(N)=O)cc3)c3c(C)noc3n2)cc1. The summed E-state index contributed by atoms with van der Waals surface area (Å²) in [5.41, 5.74) is 10.1. The standard InChI is InChI=1S/C22H18N4O3/c1-12-3-5-14(6-4-12)18-11-17(19-13(2)26-29-22(19)25-18)21(28)24-16-9-7-15(8-10-16)20(23)27/h3-11H,1-2H3,(H2,23,27)(H,24,28). The van der Waals surface area contributed by atoms with Gasteiger partial charge >= 0.3 is 0 Å². The number of primary amides is 1. The van der Waals surface area contributed by atoms with E-state index in [4.69, 9.17) is 10.3 Å². The smallest absolute Gasteiger partial charge is 0.259 e. The molecule has 0 fully saturated rings. The molecule has 0 radical (unpaired) electrons. The highest BCUT2D eigenvalue weighted by Gasteiger charge is 2.19. The minimum absolute atomic E-state index is 0.301. The molecule has 0 aliphatic rings. The average Bonchev–Trinajstić information content (AvgIpc) is 3.09. The summed E-state index contributed by atoms with van der Waals surface area (Å²) in [7, 11) is 0. The van der Waals surface area contributed by atoms with Crippen molar-refractivity contribution >= 4 is 28.6 Å². The van der Waals surface area contributed by atoms with Gasteiger partial charge in [0, 0.05) is 16.8 Å². The molecule has 2 amide bonds. The summed E-state index contributed by atoms with van der Waals surface area (Å²) in [6, 6.07) is 15.9. The zero-order valence-corrected chi connectivity index (χ0v) is 15.9. The quantitative estimate of drug-likeness (QED) is 0.553. The van der Waals surface area contributed by atoms with Gasteiger partial charge in [0.1, 0.15) is 0 Å². The number of nitrogens with two attached hydrogens (primary N) is 1. The Labute approximate surface area is 166 Å². The normalized spacial score (nSPS) is 10.8. The minimum Gasteiger partial charge on any atom is -0.366 e. The first-order valence-corrected chi connectivity index (χ1v) is 8.97. The molecule has 7 nitrogen and oxygen atoms in total. The second-order valence-electron chi connectivity index (χ2n) is 6.76. The number of rotatable bonds is 4. The molecule has 2 heterocycles. The van der Waals surface area contributed by atoms with Crippen molar-refractivity contribution < 1.29 is 14.1 Å². The van der Waals surface area contributed by atoms with Crippen molar-refractivity contribution in [2.45, 2.75) is 13.8 Å². The van der Waals surface area contributed by atoms with Crippen LogP contribution in [0.15, 0.2) is 59.1 Å². The highest BCUT2D eigenvalue weighted by molar-refractivity contribution is 6.13. The van der Waals surface area contributed by atoms with Crippen LogP contribution in [0.3, 0.4) is 0 Å². The molecule has 4 aromatic rings. The molecule has 29 heavy (non-hydrogen) atoms. The Morgan fingerprint density at radius 3 is 2.34 bits per heavy atom. The second kappa shape index (κ2) is 7.20. The number of nitrogens with zero attached hydrogens (tertiary/aromatic N) is 2. The number of carbonyl (C=O) groups excluding carboxylic acids is 2. The predicted molar refractivity (Wildman–Crippen MR) is 110 cm³/mol. The van der Waals surface area contributed by atoms with Crippen molar-refractivity contribution in [2.75, 3.05) is 5.32 Å². The van der Waals surface area contributed by atoms with Crippen LogP contribution >= 0.6 is 0 Å². The van der Waals surface area contributed by atoms with E-state index in [1.807, 2.05) is 31.2 Å². The summed E-state index contributed by atoms with van der Waals surface area (Å²) in [5.74, 6) is -0.856. The van der Waals surface area contributed by atoms with Crippen molar-refractivity contribution in [3.63, 3.8) is 0 Å². The first-order chi connectivity index (χ1) is 13.9. The molecule has 144 valence electrons. The molecule has 0 bridgehead atoms. The van der Waals surface area contributed by atoms with Gasteiger partial charge in [-0.1, -0.05) is 35.0 Å². The Morgan fingerprint density at radius 2 is 1.69 bits per heavy atom. The molecule has 7 heteroatoms. The minimum atomic E-state index is -0.526. The van der Waals surface area contributed by atoms with Crippen molar-refractivity contribution in [3.8, 4) is 11.3 Å². The van der Waals surface area contributed by atoms with Crippen LogP contribution in [0.25, 0.3) is 22.4 Å². The molecular weight excluding hydrogens is 368 g/mol. The van der Waals surface area contributed by atoms with Gasteiger partial charge in [-0.05, 0) is 44.2 Å². The summed E-state index contributed by atoms with van der Waals surface area (Å²) in [6.45, 7) is 3.76. The monoisotopic (exact) mass is 386 g/mol. The summed E-state index contributed by atoms with van der Waals surface area (Å²) in [6.07, 6.45) is 0. The van der Waals surface area contributed by atoms with Crippen LogP contribution in [0.2, 0.25) is 0 Å². The topological polar surface area (TPSA) is 111 Å². The van der Waals surface area contributed by atoms with E-state index in [-0.39, 0.29) is 5.91 Å². The molecule has 0 atom stereocenters. The fraction of sp³-hybridized carbons (Fsp3) is 0.0909. The molecule has 3 N–H and O–H groups in total. The number of aryl methyl sites for hydroxylation is 2. The Kier molecular flexibility index (Phi) is 4.56. The first-order valence-electron chi connectivity index (χ1n) is 8.97. The largest absolute Gasteiger partial charge is 0.366 e. The zero-order chi connectivity index (χ0) is 20.5. The Morgan fingerprint density at radius 1 is 1.00 bits per heavy atom. The molecular formula is C22H18N4O3. The van der Waals surface area contributed by atoms with Crippen LogP contribution in [0.4, 0.5) is 5.69 Å². The van der Waals surface area contributed by atoms with Gasteiger partial charge in [0.05, 0.1) is 22.3 Å². The van der Waals surface area contributed by atoms with Crippen LogP contribution < -0.4 is 11.1 Å². The number of carbonyl (C=O) groups is 2. The van der Waals surface area contributed by atoms with E-state index < -0.39 is 5.91 Å². The lowest BCUT2D eigenvalue weighted by Crippen LogP contribution is -2.14. The van der Waals surface area contributed by atoms with E-state index in [9.17, 15) is 9.59 Å². The lowest BCUT2D eigenvalue weighted by atomic mass is 10.0. The number of benzene rings is 2. The first kappa shape index (κ1) is 18.4. The third-order valence-electron chi connectivity index (χ3n) is 4.64. The lowest BCUT2D eigenvalue weighted by molar-refractivity contribution is 0.0998. The van der Waals surface area contributed by atoms with E-state index in [0.717, 1.165) is 11.1 Å². The summed E-state index contributed by atoms with van der Waals surface area (Å²) in [5, 5.41) is 7.35. The molecule has 0 aliphatic heterocycles. The van der Waals surface area contributed by atoms with Gasteiger partial charge < -0.3 is 15.6 Å². The van der Waals surface area contributed by atoms with Crippen LogP contribution in [-0.2, 0) is 0 Å². The lowest BCUT2D eigenvalue weighted by Gasteiger charge is -2.09. The fourth-order valence-corrected chi connectivity index (χ4v) is 3.06. The maximum atomic E-state index is 13.0. The van der Waals surface area contributed by atoms with E-state index in [2.05, 4.69) is 15.5 Å². The third kappa shape index (κ3) is 3.58. The number of anilines is 1. The van der Waals surface area contributed by atoms with Crippen LogP contribution in [0, 0.1) is 13.8 Å². The van der Waals surface area contributed by atoms with E-state index >= 15 is 0 Å². The zero-order valence-electron chi connectivity index (χ0n) is 15.9. The average molecular weight is 386 g/mol. The van der Waals surface area contributed by atoms with Gasteiger partial charge in [0.15, 0.2) is 0 Å². The second-order valence-corrected chi connectivity index (χ2v) is 6.76. The van der Waals surface area contributed by atoms with Gasteiger partial charge in [-0.25, -0.2) is 4.98 Å². The molecule has 0 saturated carbocycles.